The number of hydrogen-bond acceptors (Lipinski definition) is 4. The SMILES string of the molecule is Cc1ccc(C(=O)Nc2ccc3c(c2)N(C(=O)C(C)(C)C)CC3)cc1[N+](=O)[O-]. The first-order valence-electron chi connectivity index (χ1n) is 9.09. The van der Waals surface area contributed by atoms with Gasteiger partial charge in [0, 0.05) is 40.5 Å². The molecule has 2 aromatic carbocycles. The molecule has 0 fully saturated rings. The Morgan fingerprint density at radius 3 is 2.50 bits per heavy atom. The number of hydrogen-bond donors (Lipinski definition) is 1. The van der Waals surface area contributed by atoms with E-state index < -0.39 is 16.2 Å². The molecule has 7 heteroatoms. The van der Waals surface area contributed by atoms with Gasteiger partial charge in [0.25, 0.3) is 11.6 Å². The average molecular weight is 381 g/mol. The summed E-state index contributed by atoms with van der Waals surface area (Å²) in [7, 11) is 0. The van der Waals surface area contributed by atoms with Crippen LogP contribution in [0.5, 0.6) is 0 Å². The molecule has 0 saturated heterocycles. The molecule has 0 bridgehead atoms. The van der Waals surface area contributed by atoms with Crippen molar-refractivity contribution >= 4 is 28.9 Å². The monoisotopic (exact) mass is 381 g/mol. The van der Waals surface area contributed by atoms with E-state index in [1.54, 1.807) is 36.1 Å². The molecule has 146 valence electrons. The van der Waals surface area contributed by atoms with Gasteiger partial charge in [-0.3, -0.25) is 19.7 Å². The largest absolute Gasteiger partial charge is 0.322 e. The van der Waals surface area contributed by atoms with E-state index in [-0.39, 0.29) is 17.2 Å². The summed E-state index contributed by atoms with van der Waals surface area (Å²) in [6.45, 7) is 7.88. The lowest BCUT2D eigenvalue weighted by molar-refractivity contribution is -0.385. The second-order valence-electron chi connectivity index (χ2n) is 8.01. The fraction of sp³-hybridized carbons (Fsp3) is 0.333. The minimum Gasteiger partial charge on any atom is -0.322 e. The number of carbonyl (C=O) groups excluding carboxylic acids is 2. The van der Waals surface area contributed by atoms with Crippen molar-refractivity contribution in [2.24, 2.45) is 5.41 Å². The summed E-state index contributed by atoms with van der Waals surface area (Å²) in [4.78, 5) is 37.6. The van der Waals surface area contributed by atoms with Crippen LogP contribution in [-0.2, 0) is 11.2 Å². The molecule has 3 rings (SSSR count). The van der Waals surface area contributed by atoms with E-state index >= 15 is 0 Å². The number of amides is 2. The first kappa shape index (κ1) is 19.5. The van der Waals surface area contributed by atoms with Crippen molar-refractivity contribution in [1.82, 2.24) is 0 Å². The molecular formula is C21H23N3O4. The summed E-state index contributed by atoms with van der Waals surface area (Å²) < 4.78 is 0. The maximum Gasteiger partial charge on any atom is 0.273 e. The molecule has 1 aliphatic rings. The quantitative estimate of drug-likeness (QED) is 0.640. The van der Waals surface area contributed by atoms with Crippen LogP contribution in [0, 0.1) is 22.5 Å². The lowest BCUT2D eigenvalue weighted by Crippen LogP contribution is -2.38. The van der Waals surface area contributed by atoms with Gasteiger partial charge in [0.1, 0.15) is 0 Å². The number of nitrogens with one attached hydrogen (secondary N) is 1. The molecule has 0 aromatic heterocycles. The Bertz CT molecular complexity index is 976. The van der Waals surface area contributed by atoms with Crippen molar-refractivity contribution in [2.75, 3.05) is 16.8 Å². The highest BCUT2D eigenvalue weighted by Gasteiger charge is 2.32. The Labute approximate surface area is 163 Å². The zero-order valence-electron chi connectivity index (χ0n) is 16.4. The molecule has 0 radical (unpaired) electrons. The first-order valence-corrected chi connectivity index (χ1v) is 9.09. The first-order chi connectivity index (χ1) is 13.1. The molecule has 1 aliphatic heterocycles. The van der Waals surface area contributed by atoms with Crippen molar-refractivity contribution in [3.63, 3.8) is 0 Å². The standard InChI is InChI=1S/C21H23N3O4/c1-13-5-6-15(11-17(13)24(27)28)19(25)22-16-8-7-14-9-10-23(18(14)12-16)20(26)21(2,3)4/h5-8,11-12H,9-10H2,1-4H3,(H,22,25). The van der Waals surface area contributed by atoms with E-state index in [1.807, 2.05) is 26.8 Å². The summed E-state index contributed by atoms with van der Waals surface area (Å²) in [6.07, 6.45) is 0.773. The number of rotatable bonds is 3. The molecule has 7 nitrogen and oxygen atoms in total. The number of nitro groups is 1. The molecule has 1 N–H and O–H groups in total. The highest BCUT2D eigenvalue weighted by molar-refractivity contribution is 6.05. The van der Waals surface area contributed by atoms with Crippen molar-refractivity contribution in [1.29, 1.82) is 0 Å². The molecule has 0 saturated carbocycles. The molecule has 0 aliphatic carbocycles. The van der Waals surface area contributed by atoms with Crippen molar-refractivity contribution in [3.8, 4) is 0 Å². The van der Waals surface area contributed by atoms with E-state index in [4.69, 9.17) is 0 Å². The zero-order chi connectivity index (χ0) is 20.6. The van der Waals surface area contributed by atoms with Crippen LogP contribution in [-0.4, -0.2) is 23.3 Å². The maximum absolute atomic E-state index is 12.7. The number of anilines is 2. The molecule has 0 unspecified atom stereocenters. The van der Waals surface area contributed by atoms with Gasteiger partial charge in [0.05, 0.1) is 4.92 Å². The van der Waals surface area contributed by atoms with Crippen LogP contribution in [0.2, 0.25) is 0 Å². The Morgan fingerprint density at radius 2 is 1.86 bits per heavy atom. The summed E-state index contributed by atoms with van der Waals surface area (Å²) in [6, 6.07) is 9.85. The van der Waals surface area contributed by atoms with Gasteiger partial charge in [-0.2, -0.15) is 0 Å². The predicted octanol–water partition coefficient (Wildman–Crippen LogP) is 4.09. The maximum atomic E-state index is 12.7. The molecule has 2 aromatic rings. The normalized spacial score (nSPS) is 13.2. The molecular weight excluding hydrogens is 358 g/mol. The fourth-order valence-electron chi connectivity index (χ4n) is 3.22. The average Bonchev–Trinajstić information content (AvgIpc) is 3.03. The Kier molecular flexibility index (Phi) is 4.93. The van der Waals surface area contributed by atoms with E-state index in [0.717, 1.165) is 17.7 Å². The van der Waals surface area contributed by atoms with Gasteiger partial charge >= 0.3 is 0 Å². The van der Waals surface area contributed by atoms with Crippen LogP contribution >= 0.6 is 0 Å². The van der Waals surface area contributed by atoms with Gasteiger partial charge in [0.15, 0.2) is 0 Å². The van der Waals surface area contributed by atoms with Gasteiger partial charge < -0.3 is 10.2 Å². The number of nitrogens with zero attached hydrogens (tertiary/aromatic N) is 2. The Morgan fingerprint density at radius 1 is 1.14 bits per heavy atom. The van der Waals surface area contributed by atoms with Gasteiger partial charge in [-0.25, -0.2) is 0 Å². The van der Waals surface area contributed by atoms with Crippen molar-refractivity contribution < 1.29 is 14.5 Å². The minimum atomic E-state index is -0.502. The van der Waals surface area contributed by atoms with Gasteiger partial charge in [-0.1, -0.05) is 32.9 Å². The van der Waals surface area contributed by atoms with Crippen molar-refractivity contribution in [2.45, 2.75) is 34.1 Å². The minimum absolute atomic E-state index is 0.0314. The smallest absolute Gasteiger partial charge is 0.273 e. The number of nitro benzene ring substituents is 1. The predicted molar refractivity (Wildman–Crippen MR) is 108 cm³/mol. The van der Waals surface area contributed by atoms with E-state index in [9.17, 15) is 19.7 Å². The lowest BCUT2D eigenvalue weighted by Gasteiger charge is -2.26. The Hall–Kier alpha value is -3.22. The third kappa shape index (κ3) is 3.74. The molecule has 0 atom stereocenters. The molecule has 28 heavy (non-hydrogen) atoms. The summed E-state index contributed by atoms with van der Waals surface area (Å²) in [5, 5.41) is 13.9. The van der Waals surface area contributed by atoms with Crippen LogP contribution in [0.4, 0.5) is 17.1 Å². The van der Waals surface area contributed by atoms with E-state index in [0.29, 0.717) is 17.8 Å². The third-order valence-electron chi connectivity index (χ3n) is 4.79. The van der Waals surface area contributed by atoms with Crippen molar-refractivity contribution in [3.05, 3.63) is 63.2 Å². The molecule has 1 heterocycles. The van der Waals surface area contributed by atoms with Crippen LogP contribution in [0.25, 0.3) is 0 Å². The Balaban J connectivity index is 1.85. The molecule has 0 spiro atoms. The van der Waals surface area contributed by atoms with Crippen LogP contribution in [0.3, 0.4) is 0 Å². The highest BCUT2D eigenvalue weighted by Crippen LogP contribution is 2.34. The van der Waals surface area contributed by atoms with Crippen LogP contribution < -0.4 is 10.2 Å². The number of benzene rings is 2. The topological polar surface area (TPSA) is 92.6 Å². The zero-order valence-corrected chi connectivity index (χ0v) is 16.4. The third-order valence-corrected chi connectivity index (χ3v) is 4.79. The van der Waals surface area contributed by atoms with Gasteiger partial charge in [-0.15, -0.1) is 0 Å². The molecule has 2 amide bonds. The summed E-state index contributed by atoms with van der Waals surface area (Å²) in [5.74, 6) is -0.404. The van der Waals surface area contributed by atoms with Gasteiger partial charge in [-0.05, 0) is 37.1 Å². The van der Waals surface area contributed by atoms with Crippen LogP contribution in [0.1, 0.15) is 42.3 Å². The summed E-state index contributed by atoms with van der Waals surface area (Å²) >= 11 is 0. The van der Waals surface area contributed by atoms with E-state index in [1.165, 1.54) is 6.07 Å². The number of aryl methyl sites for hydroxylation is 1. The number of fused-ring (bicyclic) bond motifs is 1. The van der Waals surface area contributed by atoms with Gasteiger partial charge in [0.2, 0.25) is 5.91 Å². The van der Waals surface area contributed by atoms with E-state index in [2.05, 4.69) is 5.32 Å². The lowest BCUT2D eigenvalue weighted by atomic mass is 9.94. The summed E-state index contributed by atoms with van der Waals surface area (Å²) in [5.41, 5.74) is 2.51. The number of carbonyl (C=O) groups is 2. The fourth-order valence-corrected chi connectivity index (χ4v) is 3.22. The highest BCUT2D eigenvalue weighted by atomic mass is 16.6. The van der Waals surface area contributed by atoms with Crippen LogP contribution in [0.15, 0.2) is 36.4 Å². The second-order valence-corrected chi connectivity index (χ2v) is 8.01. The second kappa shape index (κ2) is 7.07.